The third kappa shape index (κ3) is 3.34. The Kier molecular flexibility index (Phi) is 4.29. The number of nitrogens with one attached hydrogen (secondary N) is 1. The minimum atomic E-state index is -0.325. The Labute approximate surface area is 134 Å². The summed E-state index contributed by atoms with van der Waals surface area (Å²) in [5.74, 6) is -0.0894. The molecule has 1 unspecified atom stereocenters. The molecule has 1 aliphatic heterocycles. The maximum Gasteiger partial charge on any atom is 0.275 e. The summed E-state index contributed by atoms with van der Waals surface area (Å²) in [5.41, 5.74) is 9.20. The highest BCUT2D eigenvalue weighted by atomic mass is 16.5. The molecule has 7 nitrogen and oxygen atoms in total. The maximum absolute atomic E-state index is 12.2. The van der Waals surface area contributed by atoms with Gasteiger partial charge in [0.1, 0.15) is 0 Å². The number of aryl methyl sites for hydroxylation is 2. The van der Waals surface area contributed by atoms with Gasteiger partial charge in [-0.1, -0.05) is 11.3 Å². The number of benzene rings is 1. The molecule has 23 heavy (non-hydrogen) atoms. The average molecular weight is 315 g/mol. The predicted octanol–water partition coefficient (Wildman–Crippen LogP) is 1.38. The van der Waals surface area contributed by atoms with Crippen molar-refractivity contribution in [3.05, 3.63) is 35.0 Å². The molecule has 0 bridgehead atoms. The molecule has 1 saturated heterocycles. The molecular weight excluding hydrogens is 294 g/mol. The predicted molar refractivity (Wildman–Crippen MR) is 86.6 cm³/mol. The van der Waals surface area contributed by atoms with Gasteiger partial charge in [0, 0.05) is 13.2 Å². The third-order valence-electron chi connectivity index (χ3n) is 3.89. The number of nitrogen functional groups attached to an aromatic ring is 1. The zero-order valence-corrected chi connectivity index (χ0v) is 13.4. The van der Waals surface area contributed by atoms with E-state index >= 15 is 0 Å². The Morgan fingerprint density at radius 3 is 2.78 bits per heavy atom. The van der Waals surface area contributed by atoms with Crippen molar-refractivity contribution in [2.24, 2.45) is 0 Å². The van der Waals surface area contributed by atoms with Crippen molar-refractivity contribution in [3.8, 4) is 5.69 Å². The summed E-state index contributed by atoms with van der Waals surface area (Å²) < 4.78 is 6.97. The Hall–Kier alpha value is -2.41. The highest BCUT2D eigenvalue weighted by Gasteiger charge is 2.21. The van der Waals surface area contributed by atoms with Crippen LogP contribution in [0.1, 0.15) is 34.5 Å². The zero-order valence-electron chi connectivity index (χ0n) is 13.4. The first-order valence-electron chi connectivity index (χ1n) is 7.74. The third-order valence-corrected chi connectivity index (χ3v) is 3.89. The smallest absolute Gasteiger partial charge is 0.275 e. The monoisotopic (exact) mass is 315 g/mol. The molecule has 1 atom stereocenters. The van der Waals surface area contributed by atoms with Crippen molar-refractivity contribution in [1.82, 2.24) is 20.3 Å². The number of anilines is 1. The summed E-state index contributed by atoms with van der Waals surface area (Å²) in [6.07, 6.45) is 2.07. The Bertz CT molecular complexity index is 699. The molecule has 2 heterocycles. The van der Waals surface area contributed by atoms with E-state index in [1.165, 1.54) is 4.68 Å². The molecule has 0 saturated carbocycles. The number of carbonyl (C=O) groups excluding carboxylic acids is 1. The Morgan fingerprint density at radius 2 is 2.13 bits per heavy atom. The zero-order chi connectivity index (χ0) is 16.4. The van der Waals surface area contributed by atoms with E-state index in [0.29, 0.717) is 6.54 Å². The van der Waals surface area contributed by atoms with Crippen LogP contribution in [-0.2, 0) is 4.74 Å². The van der Waals surface area contributed by atoms with Gasteiger partial charge in [0.15, 0.2) is 11.5 Å². The van der Waals surface area contributed by atoms with Gasteiger partial charge in [-0.3, -0.25) is 4.79 Å². The van der Waals surface area contributed by atoms with Crippen LogP contribution < -0.4 is 11.1 Å². The van der Waals surface area contributed by atoms with Crippen molar-refractivity contribution in [3.63, 3.8) is 0 Å². The van der Waals surface area contributed by atoms with Gasteiger partial charge in [-0.2, -0.15) is 4.68 Å². The van der Waals surface area contributed by atoms with Crippen molar-refractivity contribution in [1.29, 1.82) is 0 Å². The fourth-order valence-corrected chi connectivity index (χ4v) is 2.81. The summed E-state index contributed by atoms with van der Waals surface area (Å²) in [6, 6.07) is 5.96. The van der Waals surface area contributed by atoms with Crippen LogP contribution in [0, 0.1) is 13.8 Å². The highest BCUT2D eigenvalue weighted by molar-refractivity contribution is 5.96. The number of rotatable bonds is 4. The van der Waals surface area contributed by atoms with Crippen LogP contribution >= 0.6 is 0 Å². The van der Waals surface area contributed by atoms with Gasteiger partial charge in [-0.05, 0) is 49.9 Å². The van der Waals surface area contributed by atoms with Crippen LogP contribution in [0.15, 0.2) is 18.2 Å². The number of carbonyl (C=O) groups is 1. The molecule has 1 aliphatic rings. The van der Waals surface area contributed by atoms with Gasteiger partial charge in [-0.15, -0.1) is 5.10 Å². The van der Waals surface area contributed by atoms with Crippen molar-refractivity contribution < 1.29 is 9.53 Å². The molecular formula is C16H21N5O2. The molecule has 1 amide bonds. The lowest BCUT2D eigenvalue weighted by atomic mass is 10.1. The molecule has 3 rings (SSSR count). The molecule has 122 valence electrons. The second-order valence-electron chi connectivity index (χ2n) is 5.93. The second kappa shape index (κ2) is 6.37. The van der Waals surface area contributed by atoms with Crippen LogP contribution in [0.25, 0.3) is 5.69 Å². The summed E-state index contributed by atoms with van der Waals surface area (Å²) >= 11 is 0. The first kappa shape index (κ1) is 15.5. The lowest BCUT2D eigenvalue weighted by Crippen LogP contribution is -2.32. The molecule has 1 fully saturated rings. The summed E-state index contributed by atoms with van der Waals surface area (Å²) in [6.45, 7) is 5.22. The quantitative estimate of drug-likeness (QED) is 0.888. The van der Waals surface area contributed by atoms with Crippen LogP contribution in [-0.4, -0.2) is 40.2 Å². The average Bonchev–Trinajstić information content (AvgIpc) is 3.13. The topological polar surface area (TPSA) is 95.1 Å². The number of hydrogen-bond acceptors (Lipinski definition) is 5. The molecule has 2 aromatic rings. The van der Waals surface area contributed by atoms with Crippen molar-refractivity contribution in [2.75, 3.05) is 18.9 Å². The maximum atomic E-state index is 12.2. The first-order chi connectivity index (χ1) is 11.0. The molecule has 0 aliphatic carbocycles. The Balaban J connectivity index is 1.76. The van der Waals surface area contributed by atoms with Crippen molar-refractivity contribution in [2.45, 2.75) is 32.8 Å². The minimum absolute atomic E-state index is 0.0784. The van der Waals surface area contributed by atoms with Crippen LogP contribution in [0.4, 0.5) is 5.82 Å². The van der Waals surface area contributed by atoms with Gasteiger partial charge in [0.2, 0.25) is 0 Å². The lowest BCUT2D eigenvalue weighted by molar-refractivity contribution is 0.0854. The van der Waals surface area contributed by atoms with Crippen LogP contribution in [0.2, 0.25) is 0 Å². The van der Waals surface area contributed by atoms with E-state index in [0.717, 1.165) is 36.3 Å². The van der Waals surface area contributed by atoms with E-state index in [9.17, 15) is 4.79 Å². The van der Waals surface area contributed by atoms with Gasteiger partial charge < -0.3 is 15.8 Å². The van der Waals surface area contributed by atoms with Crippen molar-refractivity contribution >= 4 is 11.7 Å². The van der Waals surface area contributed by atoms with E-state index < -0.39 is 0 Å². The fraction of sp³-hybridized carbons (Fsp3) is 0.438. The normalized spacial score (nSPS) is 17.4. The van der Waals surface area contributed by atoms with Gasteiger partial charge in [0.25, 0.3) is 5.91 Å². The molecule has 0 spiro atoms. The SMILES string of the molecule is Cc1cc(C)cc(-n2nnc(C(=O)NCC3CCCO3)c2N)c1. The molecule has 0 radical (unpaired) electrons. The Morgan fingerprint density at radius 1 is 1.39 bits per heavy atom. The van der Waals surface area contributed by atoms with Gasteiger partial charge in [-0.25, -0.2) is 0 Å². The first-order valence-corrected chi connectivity index (χ1v) is 7.74. The number of nitrogens with two attached hydrogens (primary N) is 1. The largest absolute Gasteiger partial charge is 0.382 e. The van der Waals surface area contributed by atoms with E-state index in [1.54, 1.807) is 0 Å². The number of amides is 1. The molecule has 7 heteroatoms. The highest BCUT2D eigenvalue weighted by Crippen LogP contribution is 2.18. The number of aromatic nitrogens is 3. The number of ether oxygens (including phenoxy) is 1. The summed E-state index contributed by atoms with van der Waals surface area (Å²) in [5, 5.41) is 10.8. The van der Waals surface area contributed by atoms with Crippen LogP contribution in [0.3, 0.4) is 0 Å². The number of nitrogens with zero attached hydrogens (tertiary/aromatic N) is 3. The van der Waals surface area contributed by atoms with Crippen LogP contribution in [0.5, 0.6) is 0 Å². The molecule has 3 N–H and O–H groups in total. The number of hydrogen-bond donors (Lipinski definition) is 2. The van der Waals surface area contributed by atoms with E-state index in [4.69, 9.17) is 10.5 Å². The van der Waals surface area contributed by atoms with E-state index in [2.05, 4.69) is 21.7 Å². The lowest BCUT2D eigenvalue weighted by Gasteiger charge is -2.10. The standard InChI is InChI=1S/C16H21N5O2/c1-10-6-11(2)8-12(7-10)21-15(17)14(19-20-21)16(22)18-9-13-4-3-5-23-13/h6-8,13H,3-5,9,17H2,1-2H3,(H,18,22). The van der Waals surface area contributed by atoms with Gasteiger partial charge >= 0.3 is 0 Å². The fourth-order valence-electron chi connectivity index (χ4n) is 2.81. The van der Waals surface area contributed by atoms with E-state index in [-0.39, 0.29) is 23.5 Å². The summed E-state index contributed by atoms with van der Waals surface area (Å²) in [7, 11) is 0. The second-order valence-corrected chi connectivity index (χ2v) is 5.93. The van der Waals surface area contributed by atoms with Gasteiger partial charge in [0.05, 0.1) is 11.8 Å². The summed E-state index contributed by atoms with van der Waals surface area (Å²) in [4.78, 5) is 12.2. The van der Waals surface area contributed by atoms with E-state index in [1.807, 2.05) is 26.0 Å². The minimum Gasteiger partial charge on any atom is -0.382 e. The molecule has 1 aromatic carbocycles. The molecule has 1 aromatic heterocycles.